The minimum Gasteiger partial charge on any atom is -0.493 e. The van der Waals surface area contributed by atoms with Crippen molar-refractivity contribution >= 4 is 0 Å². The van der Waals surface area contributed by atoms with E-state index in [1.165, 1.54) is 0 Å². The fourth-order valence-electron chi connectivity index (χ4n) is 1.90. The molecule has 1 aliphatic rings. The zero-order valence-electron chi connectivity index (χ0n) is 8.90. The summed E-state index contributed by atoms with van der Waals surface area (Å²) in [5.74, 6) is -1.04. The normalized spacial score (nSPS) is 19.6. The Morgan fingerprint density at radius 1 is 1.11 bits per heavy atom. The van der Waals surface area contributed by atoms with Gasteiger partial charge in [0.25, 0.3) is 0 Å². The van der Waals surface area contributed by atoms with Crippen molar-refractivity contribution in [3.63, 3.8) is 0 Å². The number of halogens is 6. The molecule has 0 radical (unpaired) electrons. The first kappa shape index (κ1) is 13.0. The van der Waals surface area contributed by atoms with Gasteiger partial charge in [0.05, 0.1) is 18.6 Å². The SMILES string of the molecule is FC(F)(F)CC1COc2cc(C(F)(F)F)ccc21. The third-order valence-corrected chi connectivity index (χ3v) is 2.70. The molecule has 0 fully saturated rings. The predicted molar refractivity (Wildman–Crippen MR) is 50.4 cm³/mol. The number of alkyl halides is 6. The molecule has 1 heterocycles. The summed E-state index contributed by atoms with van der Waals surface area (Å²) < 4.78 is 78.8. The Morgan fingerprint density at radius 3 is 2.33 bits per heavy atom. The second kappa shape index (κ2) is 4.07. The summed E-state index contributed by atoms with van der Waals surface area (Å²) in [5, 5.41) is 0. The monoisotopic (exact) mass is 270 g/mol. The third kappa shape index (κ3) is 2.70. The molecule has 18 heavy (non-hydrogen) atoms. The van der Waals surface area contributed by atoms with Gasteiger partial charge in [-0.05, 0) is 12.1 Å². The molecule has 100 valence electrons. The Morgan fingerprint density at radius 2 is 1.78 bits per heavy atom. The molecule has 1 aliphatic heterocycles. The zero-order chi connectivity index (χ0) is 13.6. The minimum absolute atomic E-state index is 0.112. The van der Waals surface area contributed by atoms with Crippen LogP contribution in [0.4, 0.5) is 26.3 Å². The van der Waals surface area contributed by atoms with Crippen LogP contribution in [0.25, 0.3) is 0 Å². The van der Waals surface area contributed by atoms with E-state index in [9.17, 15) is 26.3 Å². The Labute approximate surface area is 98.4 Å². The Bertz CT molecular complexity index is 448. The number of hydrogen-bond acceptors (Lipinski definition) is 1. The van der Waals surface area contributed by atoms with E-state index in [0.717, 1.165) is 18.2 Å². The van der Waals surface area contributed by atoms with E-state index >= 15 is 0 Å². The number of fused-ring (bicyclic) bond motifs is 1. The van der Waals surface area contributed by atoms with Gasteiger partial charge in [-0.2, -0.15) is 26.3 Å². The lowest BCUT2D eigenvalue weighted by Gasteiger charge is -2.12. The van der Waals surface area contributed by atoms with Gasteiger partial charge in [0.15, 0.2) is 0 Å². The van der Waals surface area contributed by atoms with Crippen LogP contribution in [0, 0.1) is 0 Å². The van der Waals surface area contributed by atoms with E-state index in [2.05, 4.69) is 0 Å². The maximum absolute atomic E-state index is 12.4. The molecule has 0 spiro atoms. The second-order valence-electron chi connectivity index (χ2n) is 4.08. The van der Waals surface area contributed by atoms with Crippen molar-refractivity contribution in [1.82, 2.24) is 0 Å². The lowest BCUT2D eigenvalue weighted by Crippen LogP contribution is -2.14. The van der Waals surface area contributed by atoms with Crippen LogP contribution in [0.2, 0.25) is 0 Å². The lowest BCUT2D eigenvalue weighted by molar-refractivity contribution is -0.139. The number of benzene rings is 1. The summed E-state index contributed by atoms with van der Waals surface area (Å²) in [6, 6.07) is 2.57. The van der Waals surface area contributed by atoms with Crippen LogP contribution in [0.15, 0.2) is 18.2 Å². The number of ether oxygens (including phenoxy) is 1. The van der Waals surface area contributed by atoms with Gasteiger partial charge in [0, 0.05) is 11.5 Å². The number of hydrogen-bond donors (Lipinski definition) is 0. The van der Waals surface area contributed by atoms with Crippen molar-refractivity contribution in [2.24, 2.45) is 0 Å². The first-order chi connectivity index (χ1) is 8.17. The first-order valence-electron chi connectivity index (χ1n) is 5.07. The minimum atomic E-state index is -4.53. The first-order valence-corrected chi connectivity index (χ1v) is 5.07. The molecular weight excluding hydrogens is 262 g/mol. The molecule has 2 rings (SSSR count). The summed E-state index contributed by atoms with van der Waals surface area (Å²) in [7, 11) is 0. The van der Waals surface area contributed by atoms with Crippen molar-refractivity contribution in [1.29, 1.82) is 0 Å². The summed E-state index contributed by atoms with van der Waals surface area (Å²) in [5.41, 5.74) is -0.741. The molecule has 0 saturated carbocycles. The van der Waals surface area contributed by atoms with Crippen LogP contribution in [0.1, 0.15) is 23.5 Å². The summed E-state index contributed by atoms with van der Waals surface area (Å²) in [6.45, 7) is -0.240. The van der Waals surface area contributed by atoms with Crippen LogP contribution < -0.4 is 4.74 Å². The van der Waals surface area contributed by atoms with Gasteiger partial charge in [0.1, 0.15) is 5.75 Å². The van der Waals surface area contributed by atoms with Gasteiger partial charge >= 0.3 is 12.4 Å². The van der Waals surface area contributed by atoms with Crippen molar-refractivity contribution < 1.29 is 31.1 Å². The molecule has 0 saturated heterocycles. The van der Waals surface area contributed by atoms with E-state index in [-0.39, 0.29) is 17.9 Å². The smallest absolute Gasteiger partial charge is 0.416 e. The standard InChI is InChI=1S/C11H8F6O/c12-10(13,14)4-6-5-18-9-3-7(11(15,16)17)1-2-8(6)9/h1-3,6H,4-5H2. The molecular formula is C11H8F6O. The molecule has 1 aromatic carbocycles. The molecule has 0 N–H and O–H groups in total. The second-order valence-corrected chi connectivity index (χ2v) is 4.08. The van der Waals surface area contributed by atoms with Gasteiger partial charge in [-0.15, -0.1) is 0 Å². The van der Waals surface area contributed by atoms with Crippen molar-refractivity contribution in [3.05, 3.63) is 29.3 Å². The highest BCUT2D eigenvalue weighted by atomic mass is 19.4. The average Bonchev–Trinajstić information content (AvgIpc) is 2.57. The Hall–Kier alpha value is -1.40. The van der Waals surface area contributed by atoms with Crippen LogP contribution >= 0.6 is 0 Å². The van der Waals surface area contributed by atoms with Gasteiger partial charge in [0.2, 0.25) is 0 Å². The van der Waals surface area contributed by atoms with Crippen molar-refractivity contribution in [3.8, 4) is 5.75 Å². The Kier molecular flexibility index (Phi) is 2.95. The predicted octanol–water partition coefficient (Wildman–Crippen LogP) is 4.13. The molecule has 0 bridgehead atoms. The van der Waals surface area contributed by atoms with E-state index in [1.807, 2.05) is 0 Å². The highest BCUT2D eigenvalue weighted by Gasteiger charge is 2.38. The van der Waals surface area contributed by atoms with E-state index < -0.39 is 30.3 Å². The third-order valence-electron chi connectivity index (χ3n) is 2.70. The molecule has 0 aliphatic carbocycles. The molecule has 0 aromatic heterocycles. The molecule has 1 nitrogen and oxygen atoms in total. The van der Waals surface area contributed by atoms with E-state index in [0.29, 0.717) is 0 Å². The van der Waals surface area contributed by atoms with E-state index in [1.54, 1.807) is 0 Å². The van der Waals surface area contributed by atoms with Gasteiger partial charge in [-0.1, -0.05) is 6.07 Å². The highest BCUT2D eigenvalue weighted by molar-refractivity contribution is 5.43. The topological polar surface area (TPSA) is 9.23 Å². The molecule has 0 amide bonds. The molecule has 1 atom stereocenters. The molecule has 1 unspecified atom stereocenters. The van der Waals surface area contributed by atoms with Gasteiger partial charge < -0.3 is 4.74 Å². The molecule has 1 aromatic rings. The van der Waals surface area contributed by atoms with Gasteiger partial charge in [-0.3, -0.25) is 0 Å². The fraction of sp³-hybridized carbons (Fsp3) is 0.455. The largest absolute Gasteiger partial charge is 0.493 e. The average molecular weight is 270 g/mol. The van der Waals surface area contributed by atoms with Crippen molar-refractivity contribution in [2.75, 3.05) is 6.61 Å². The fourth-order valence-corrected chi connectivity index (χ4v) is 1.90. The number of rotatable bonds is 1. The maximum Gasteiger partial charge on any atom is 0.416 e. The van der Waals surface area contributed by atoms with Gasteiger partial charge in [-0.25, -0.2) is 0 Å². The molecule has 7 heteroatoms. The maximum atomic E-state index is 12.4. The summed E-state index contributed by atoms with van der Waals surface area (Å²) >= 11 is 0. The summed E-state index contributed by atoms with van der Waals surface area (Å²) in [6.07, 6.45) is -9.98. The zero-order valence-corrected chi connectivity index (χ0v) is 8.90. The Balaban J connectivity index is 2.26. The van der Waals surface area contributed by atoms with Crippen LogP contribution in [0.3, 0.4) is 0 Å². The lowest BCUT2D eigenvalue weighted by atomic mass is 9.96. The van der Waals surface area contributed by atoms with Crippen molar-refractivity contribution in [2.45, 2.75) is 24.7 Å². The quantitative estimate of drug-likeness (QED) is 0.697. The van der Waals surface area contributed by atoms with Crippen LogP contribution in [-0.4, -0.2) is 12.8 Å². The van der Waals surface area contributed by atoms with Crippen LogP contribution in [0.5, 0.6) is 5.75 Å². The van der Waals surface area contributed by atoms with Crippen LogP contribution in [-0.2, 0) is 6.18 Å². The van der Waals surface area contributed by atoms with E-state index in [4.69, 9.17) is 4.74 Å². The summed E-state index contributed by atoms with van der Waals surface area (Å²) in [4.78, 5) is 0. The highest BCUT2D eigenvalue weighted by Crippen LogP contribution is 2.42.